The molecule has 0 atom stereocenters. The molecule has 0 unspecified atom stereocenters. The Morgan fingerprint density at radius 2 is 1.52 bits per heavy atom. The number of fused-ring (bicyclic) bond motifs is 6. The summed E-state index contributed by atoms with van der Waals surface area (Å²) < 4.78 is 2.50. The van der Waals surface area contributed by atoms with E-state index in [1.165, 1.54) is 55.5 Å². The molecular formula is C44H48N3O+. The fraction of sp³-hybridized carbons (Fsp3) is 0.318. The van der Waals surface area contributed by atoms with Crippen LogP contribution in [0.25, 0.3) is 21.5 Å². The maximum absolute atomic E-state index is 12.0. The second-order valence-electron chi connectivity index (χ2n) is 14.0. The van der Waals surface area contributed by atoms with Crippen LogP contribution in [0.3, 0.4) is 0 Å². The molecule has 0 aromatic heterocycles. The van der Waals surface area contributed by atoms with E-state index in [4.69, 9.17) is 6.42 Å². The van der Waals surface area contributed by atoms with Gasteiger partial charge in [-0.15, -0.1) is 6.42 Å². The van der Waals surface area contributed by atoms with Crippen molar-refractivity contribution in [3.63, 3.8) is 0 Å². The minimum Gasteiger partial charge on any atom is -0.345 e. The highest BCUT2D eigenvalue weighted by molar-refractivity contribution is 6.07. The van der Waals surface area contributed by atoms with Crippen LogP contribution in [0.15, 0.2) is 109 Å². The summed E-state index contributed by atoms with van der Waals surface area (Å²) in [7, 11) is 0. The van der Waals surface area contributed by atoms with Gasteiger partial charge in [-0.1, -0.05) is 92.6 Å². The standard InChI is InChI=1S/C44H47N3O/c1-7-30-45-40(48)25-13-10-18-31-47-37-29-27-33-20-15-17-22-35(33)42(37)44(5,6)39(47)24-12-9-11-23-38-43(3,4)41-34-21-16-14-19-32(34)26-28-36(41)46(38)8-2/h1,9,11-12,14-17,19-24,26-29H,8,10,13,18,25,30-31H2,2-6H3/p+1. The Bertz CT molecular complexity index is 2030. The highest BCUT2D eigenvalue weighted by Crippen LogP contribution is 2.50. The molecule has 4 aromatic rings. The van der Waals surface area contributed by atoms with Crippen LogP contribution in [0, 0.1) is 12.3 Å². The van der Waals surface area contributed by atoms with Crippen molar-refractivity contribution in [3.8, 4) is 12.3 Å². The third-order valence-corrected chi connectivity index (χ3v) is 10.2. The number of anilines is 1. The molecule has 0 bridgehead atoms. The second-order valence-corrected chi connectivity index (χ2v) is 14.0. The smallest absolute Gasteiger partial charge is 0.220 e. The van der Waals surface area contributed by atoms with Gasteiger partial charge in [0, 0.05) is 53.9 Å². The zero-order chi connectivity index (χ0) is 33.9. The second kappa shape index (κ2) is 13.7. The van der Waals surface area contributed by atoms with Gasteiger partial charge < -0.3 is 10.2 Å². The largest absolute Gasteiger partial charge is 0.345 e. The predicted octanol–water partition coefficient (Wildman–Crippen LogP) is 9.49. The number of benzene rings is 4. The highest BCUT2D eigenvalue weighted by Gasteiger charge is 2.45. The summed E-state index contributed by atoms with van der Waals surface area (Å²) in [5.74, 6) is 2.50. The van der Waals surface area contributed by atoms with E-state index >= 15 is 0 Å². The van der Waals surface area contributed by atoms with Crippen LogP contribution in [0.4, 0.5) is 11.4 Å². The number of nitrogens with zero attached hydrogens (tertiary/aromatic N) is 2. The van der Waals surface area contributed by atoms with Crippen LogP contribution in [0.1, 0.15) is 71.4 Å². The van der Waals surface area contributed by atoms with E-state index in [0.29, 0.717) is 13.0 Å². The number of hydrogen-bond acceptors (Lipinski definition) is 2. The van der Waals surface area contributed by atoms with Gasteiger partial charge in [0.2, 0.25) is 11.6 Å². The molecule has 4 aromatic carbocycles. The Hall–Kier alpha value is -4.88. The summed E-state index contributed by atoms with van der Waals surface area (Å²) in [4.78, 5) is 14.5. The first-order valence-electron chi connectivity index (χ1n) is 17.4. The number of hydrogen-bond donors (Lipinski definition) is 1. The van der Waals surface area contributed by atoms with E-state index in [1.54, 1.807) is 0 Å². The van der Waals surface area contributed by atoms with Crippen molar-refractivity contribution in [2.24, 2.45) is 0 Å². The lowest BCUT2D eigenvalue weighted by atomic mass is 9.79. The highest BCUT2D eigenvalue weighted by atomic mass is 16.1. The monoisotopic (exact) mass is 634 g/mol. The maximum Gasteiger partial charge on any atom is 0.220 e. The Kier molecular flexibility index (Phi) is 9.42. The van der Waals surface area contributed by atoms with Crippen LogP contribution in [-0.2, 0) is 15.6 Å². The number of carbonyl (C=O) groups is 1. The van der Waals surface area contributed by atoms with Gasteiger partial charge in [0.25, 0.3) is 0 Å². The van der Waals surface area contributed by atoms with Gasteiger partial charge in [-0.05, 0) is 78.9 Å². The number of allylic oxidation sites excluding steroid dienone is 6. The minimum atomic E-state index is -0.163. The Balaban J connectivity index is 1.27. The van der Waals surface area contributed by atoms with Crippen molar-refractivity contribution in [3.05, 3.63) is 120 Å². The number of rotatable bonds is 11. The van der Waals surface area contributed by atoms with E-state index < -0.39 is 0 Å². The molecule has 2 aliphatic heterocycles. The molecule has 0 aliphatic carbocycles. The van der Waals surface area contributed by atoms with Crippen molar-refractivity contribution in [2.45, 2.75) is 71.1 Å². The number of unbranched alkanes of at least 4 members (excludes halogenated alkanes) is 2. The summed E-state index contributed by atoms with van der Waals surface area (Å²) in [6.07, 6.45) is 19.8. The fourth-order valence-corrected chi connectivity index (χ4v) is 7.98. The van der Waals surface area contributed by atoms with Gasteiger partial charge in [-0.2, -0.15) is 4.58 Å². The first kappa shape index (κ1) is 33.0. The van der Waals surface area contributed by atoms with E-state index in [9.17, 15) is 4.79 Å². The van der Waals surface area contributed by atoms with Crippen molar-refractivity contribution >= 4 is 44.5 Å². The zero-order valence-electron chi connectivity index (χ0n) is 29.1. The van der Waals surface area contributed by atoms with Gasteiger partial charge in [0.15, 0.2) is 5.71 Å². The molecule has 4 nitrogen and oxygen atoms in total. The average molecular weight is 635 g/mol. The first-order chi connectivity index (χ1) is 23.2. The van der Waals surface area contributed by atoms with Gasteiger partial charge in [-0.25, -0.2) is 0 Å². The first-order valence-corrected chi connectivity index (χ1v) is 17.4. The van der Waals surface area contributed by atoms with E-state index in [-0.39, 0.29) is 16.7 Å². The molecule has 0 saturated heterocycles. The van der Waals surface area contributed by atoms with Crippen molar-refractivity contribution in [1.29, 1.82) is 0 Å². The molecule has 4 heteroatoms. The fourth-order valence-electron chi connectivity index (χ4n) is 7.98. The van der Waals surface area contributed by atoms with Crippen LogP contribution in [0.5, 0.6) is 0 Å². The summed E-state index contributed by atoms with van der Waals surface area (Å²) in [6.45, 7) is 13.8. The van der Waals surface area contributed by atoms with E-state index in [1.807, 2.05) is 0 Å². The van der Waals surface area contributed by atoms with Crippen LogP contribution in [0.2, 0.25) is 0 Å². The lowest BCUT2D eigenvalue weighted by Crippen LogP contribution is -2.28. The zero-order valence-corrected chi connectivity index (χ0v) is 29.1. The number of likely N-dealkylation sites (N-methyl/N-ethyl adjacent to an activating group) is 1. The molecule has 2 aliphatic rings. The Morgan fingerprint density at radius 3 is 2.23 bits per heavy atom. The van der Waals surface area contributed by atoms with Crippen molar-refractivity contribution < 1.29 is 9.37 Å². The summed E-state index contributed by atoms with van der Waals surface area (Å²) in [5.41, 5.74) is 7.75. The Morgan fingerprint density at radius 1 is 0.833 bits per heavy atom. The van der Waals surface area contributed by atoms with Gasteiger partial charge in [-0.3, -0.25) is 4.79 Å². The van der Waals surface area contributed by atoms with Gasteiger partial charge >= 0.3 is 0 Å². The average Bonchev–Trinajstić information content (AvgIpc) is 3.45. The van der Waals surface area contributed by atoms with Gasteiger partial charge in [0.05, 0.1) is 12.0 Å². The van der Waals surface area contributed by atoms with Crippen LogP contribution < -0.4 is 10.2 Å². The summed E-state index contributed by atoms with van der Waals surface area (Å²) >= 11 is 0. The lowest BCUT2D eigenvalue weighted by Gasteiger charge is -2.26. The number of nitrogens with one attached hydrogen (secondary N) is 1. The molecule has 0 spiro atoms. The molecule has 1 amide bonds. The van der Waals surface area contributed by atoms with Gasteiger partial charge in [0.1, 0.15) is 6.54 Å². The number of carbonyl (C=O) groups excluding carboxylic acids is 1. The molecule has 0 saturated carbocycles. The topological polar surface area (TPSA) is 35.4 Å². The molecule has 1 N–H and O–H groups in total. The third kappa shape index (κ3) is 5.99. The number of amides is 1. The lowest BCUT2D eigenvalue weighted by molar-refractivity contribution is -0.438. The molecule has 2 heterocycles. The van der Waals surface area contributed by atoms with E-state index in [0.717, 1.165) is 32.4 Å². The predicted molar refractivity (Wildman–Crippen MR) is 203 cm³/mol. The summed E-state index contributed by atoms with van der Waals surface area (Å²) in [6, 6.07) is 26.5. The quantitative estimate of drug-likeness (QED) is 0.0772. The SMILES string of the molecule is C#CCNC(=O)CCCCC[N+]1=C(C=CC=CC=C2N(CC)c3ccc4ccccc4c3C2(C)C)C(C)(C)c2c1ccc1ccccc21. The molecule has 244 valence electrons. The van der Waals surface area contributed by atoms with Crippen LogP contribution >= 0.6 is 0 Å². The third-order valence-electron chi connectivity index (χ3n) is 10.2. The minimum absolute atomic E-state index is 0.0318. The van der Waals surface area contributed by atoms with Crippen LogP contribution in [-0.4, -0.2) is 35.8 Å². The van der Waals surface area contributed by atoms with E-state index in [2.05, 4.69) is 159 Å². The molecule has 6 rings (SSSR count). The molecule has 48 heavy (non-hydrogen) atoms. The maximum atomic E-state index is 12.0. The normalized spacial score (nSPS) is 17.2. The molecule has 0 fully saturated rings. The van der Waals surface area contributed by atoms with Crippen molar-refractivity contribution in [2.75, 3.05) is 24.5 Å². The Labute approximate surface area is 286 Å². The summed E-state index contributed by atoms with van der Waals surface area (Å²) in [5, 5.41) is 7.99. The van der Waals surface area contributed by atoms with Crippen molar-refractivity contribution in [1.82, 2.24) is 5.32 Å². The molecule has 0 radical (unpaired) electrons. The molecular weight excluding hydrogens is 587 g/mol. The number of terminal acetylenes is 1.